The zero-order valence-electron chi connectivity index (χ0n) is 14.1. The maximum atomic E-state index is 12.0. The molecule has 0 atom stereocenters. The van der Waals surface area contributed by atoms with Crippen LogP contribution >= 0.6 is 0 Å². The first-order chi connectivity index (χ1) is 12.4. The highest BCUT2D eigenvalue weighted by Gasteiger charge is 2.13. The SMILES string of the molecule is Cc1cccc2[nH]c(O)c(C=Nc3ccc(S(=O)(=O)NCCO)cc3)c12. The van der Waals surface area contributed by atoms with Gasteiger partial charge in [-0.05, 0) is 42.8 Å². The highest BCUT2D eigenvalue weighted by molar-refractivity contribution is 7.89. The molecule has 0 aliphatic carbocycles. The summed E-state index contributed by atoms with van der Waals surface area (Å²) in [5, 5.41) is 19.7. The van der Waals surface area contributed by atoms with Crippen molar-refractivity contribution in [3.8, 4) is 5.88 Å². The van der Waals surface area contributed by atoms with Crippen LogP contribution in [0.25, 0.3) is 10.9 Å². The molecule has 0 unspecified atom stereocenters. The molecule has 0 saturated heterocycles. The summed E-state index contributed by atoms with van der Waals surface area (Å²) in [5.41, 5.74) is 2.96. The molecule has 8 heteroatoms. The maximum Gasteiger partial charge on any atom is 0.240 e. The van der Waals surface area contributed by atoms with Crippen molar-refractivity contribution in [2.45, 2.75) is 11.8 Å². The lowest BCUT2D eigenvalue weighted by atomic mass is 10.1. The summed E-state index contributed by atoms with van der Waals surface area (Å²) in [6.07, 6.45) is 1.55. The molecule has 0 fully saturated rings. The molecule has 1 aromatic heterocycles. The molecule has 2 aromatic carbocycles. The Morgan fingerprint density at radius 2 is 1.92 bits per heavy atom. The number of fused-ring (bicyclic) bond motifs is 1. The van der Waals surface area contributed by atoms with Gasteiger partial charge in [0.15, 0.2) is 5.88 Å². The Bertz CT molecular complexity index is 1050. The molecule has 0 aliphatic heterocycles. The first-order valence-corrected chi connectivity index (χ1v) is 9.45. The molecule has 0 amide bonds. The van der Waals surface area contributed by atoms with Crippen molar-refractivity contribution in [2.75, 3.05) is 13.2 Å². The van der Waals surface area contributed by atoms with Crippen LogP contribution < -0.4 is 4.72 Å². The number of aliphatic imine (C=N–C) groups is 1. The molecular weight excluding hydrogens is 354 g/mol. The Kier molecular flexibility index (Phi) is 5.08. The van der Waals surface area contributed by atoms with Gasteiger partial charge in [-0.3, -0.25) is 4.99 Å². The first-order valence-electron chi connectivity index (χ1n) is 7.97. The molecular formula is C18H19N3O4S. The Hall–Kier alpha value is -2.68. The lowest BCUT2D eigenvalue weighted by molar-refractivity contribution is 0.301. The summed E-state index contributed by atoms with van der Waals surface area (Å²) in [4.78, 5) is 7.33. The highest BCUT2D eigenvalue weighted by Crippen LogP contribution is 2.29. The maximum absolute atomic E-state index is 12.0. The summed E-state index contributed by atoms with van der Waals surface area (Å²) >= 11 is 0. The molecule has 136 valence electrons. The molecule has 1 heterocycles. The van der Waals surface area contributed by atoms with E-state index in [1.807, 2.05) is 25.1 Å². The fourth-order valence-corrected chi connectivity index (χ4v) is 3.70. The van der Waals surface area contributed by atoms with Crippen LogP contribution in [0.2, 0.25) is 0 Å². The Morgan fingerprint density at radius 1 is 1.19 bits per heavy atom. The molecule has 7 nitrogen and oxygen atoms in total. The molecule has 0 aliphatic rings. The fourth-order valence-electron chi connectivity index (χ4n) is 2.68. The van der Waals surface area contributed by atoms with Gasteiger partial charge in [-0.2, -0.15) is 0 Å². The third kappa shape index (κ3) is 3.62. The quantitative estimate of drug-likeness (QED) is 0.496. The molecule has 0 bridgehead atoms. The number of aromatic amines is 1. The van der Waals surface area contributed by atoms with Gasteiger partial charge in [0.2, 0.25) is 10.0 Å². The minimum Gasteiger partial charge on any atom is -0.494 e. The number of hydrogen-bond donors (Lipinski definition) is 4. The highest BCUT2D eigenvalue weighted by atomic mass is 32.2. The average molecular weight is 373 g/mol. The van der Waals surface area contributed by atoms with E-state index in [1.165, 1.54) is 12.1 Å². The number of aromatic hydroxyl groups is 1. The number of rotatable bonds is 6. The van der Waals surface area contributed by atoms with Crippen LogP contribution in [-0.4, -0.2) is 43.0 Å². The summed E-state index contributed by atoms with van der Waals surface area (Å²) in [6.45, 7) is 1.64. The molecule has 0 saturated carbocycles. The zero-order valence-corrected chi connectivity index (χ0v) is 14.9. The van der Waals surface area contributed by atoms with Gasteiger partial charge in [-0.25, -0.2) is 13.1 Å². The number of nitrogens with one attached hydrogen (secondary N) is 2. The van der Waals surface area contributed by atoms with Crippen LogP contribution in [0.1, 0.15) is 11.1 Å². The van der Waals surface area contributed by atoms with E-state index >= 15 is 0 Å². The minimum absolute atomic E-state index is 0.0328. The third-order valence-corrected chi connectivity index (χ3v) is 5.42. The van der Waals surface area contributed by atoms with Crippen LogP contribution in [-0.2, 0) is 10.0 Å². The summed E-state index contributed by atoms with van der Waals surface area (Å²) < 4.78 is 26.2. The van der Waals surface area contributed by atoms with Gasteiger partial charge in [0, 0.05) is 23.7 Å². The van der Waals surface area contributed by atoms with E-state index in [-0.39, 0.29) is 23.9 Å². The van der Waals surface area contributed by atoms with Gasteiger partial charge in [0.25, 0.3) is 0 Å². The topological polar surface area (TPSA) is 115 Å². The van der Waals surface area contributed by atoms with Crippen molar-refractivity contribution in [1.82, 2.24) is 9.71 Å². The lowest BCUT2D eigenvalue weighted by Crippen LogP contribution is -2.26. The van der Waals surface area contributed by atoms with Crippen LogP contribution in [0, 0.1) is 6.92 Å². The van der Waals surface area contributed by atoms with Crippen LogP contribution in [0.15, 0.2) is 52.4 Å². The van der Waals surface area contributed by atoms with Crippen molar-refractivity contribution >= 4 is 32.8 Å². The number of aliphatic hydroxyl groups excluding tert-OH is 1. The third-order valence-electron chi connectivity index (χ3n) is 3.94. The van der Waals surface area contributed by atoms with Gasteiger partial charge in [0.1, 0.15) is 0 Å². The Balaban J connectivity index is 1.87. The Labute approximate surface area is 151 Å². The average Bonchev–Trinajstić information content (AvgIpc) is 2.95. The summed E-state index contributed by atoms with van der Waals surface area (Å²) in [6, 6.07) is 11.7. The minimum atomic E-state index is -3.65. The molecule has 26 heavy (non-hydrogen) atoms. The molecule has 3 rings (SSSR count). The van der Waals surface area contributed by atoms with E-state index < -0.39 is 10.0 Å². The number of benzene rings is 2. The van der Waals surface area contributed by atoms with Crippen LogP contribution in [0.4, 0.5) is 5.69 Å². The zero-order chi connectivity index (χ0) is 18.7. The number of hydrogen-bond acceptors (Lipinski definition) is 5. The van der Waals surface area contributed by atoms with Gasteiger partial charge >= 0.3 is 0 Å². The van der Waals surface area contributed by atoms with Gasteiger partial charge in [-0.1, -0.05) is 12.1 Å². The first kappa shape index (κ1) is 18.1. The van der Waals surface area contributed by atoms with E-state index in [0.717, 1.165) is 16.5 Å². The van der Waals surface area contributed by atoms with Crippen molar-refractivity contribution < 1.29 is 18.6 Å². The number of nitrogens with zero attached hydrogens (tertiary/aromatic N) is 1. The number of sulfonamides is 1. The van der Waals surface area contributed by atoms with Crippen molar-refractivity contribution in [3.63, 3.8) is 0 Å². The van der Waals surface area contributed by atoms with E-state index in [4.69, 9.17) is 5.11 Å². The monoisotopic (exact) mass is 373 g/mol. The van der Waals surface area contributed by atoms with E-state index in [1.54, 1.807) is 18.3 Å². The second kappa shape index (κ2) is 7.28. The number of aromatic nitrogens is 1. The van der Waals surface area contributed by atoms with Crippen LogP contribution in [0.3, 0.4) is 0 Å². The van der Waals surface area contributed by atoms with Gasteiger partial charge in [0.05, 0.1) is 22.8 Å². The van der Waals surface area contributed by atoms with E-state index in [9.17, 15) is 13.5 Å². The predicted molar refractivity (Wildman–Crippen MR) is 101 cm³/mol. The smallest absolute Gasteiger partial charge is 0.240 e. The molecule has 0 radical (unpaired) electrons. The van der Waals surface area contributed by atoms with Crippen LogP contribution in [0.5, 0.6) is 5.88 Å². The standard InChI is InChI=1S/C18H19N3O4S/c1-12-3-2-4-16-17(12)15(18(23)21-16)11-19-13-5-7-14(8-6-13)26(24,25)20-9-10-22/h2-8,11,20-23H,9-10H2,1H3. The number of aliphatic hydroxyl groups is 1. The summed E-state index contributed by atoms with van der Waals surface area (Å²) in [5.74, 6) is 0.0328. The summed E-state index contributed by atoms with van der Waals surface area (Å²) in [7, 11) is -3.65. The largest absolute Gasteiger partial charge is 0.494 e. The van der Waals surface area contributed by atoms with Crippen molar-refractivity contribution in [2.24, 2.45) is 4.99 Å². The second-order valence-corrected chi connectivity index (χ2v) is 7.53. The van der Waals surface area contributed by atoms with Gasteiger partial charge < -0.3 is 15.2 Å². The molecule has 0 spiro atoms. The predicted octanol–water partition coefficient (Wildman–Crippen LogP) is 2.20. The number of H-pyrrole nitrogens is 1. The Morgan fingerprint density at radius 3 is 2.62 bits per heavy atom. The lowest BCUT2D eigenvalue weighted by Gasteiger charge is -2.05. The molecule has 4 N–H and O–H groups in total. The molecule has 3 aromatic rings. The van der Waals surface area contributed by atoms with Crippen molar-refractivity contribution in [1.29, 1.82) is 0 Å². The second-order valence-electron chi connectivity index (χ2n) is 5.76. The normalized spacial score (nSPS) is 12.2. The van der Waals surface area contributed by atoms with Gasteiger partial charge in [-0.15, -0.1) is 0 Å². The fraction of sp³-hybridized carbons (Fsp3) is 0.167. The van der Waals surface area contributed by atoms with E-state index in [0.29, 0.717) is 11.3 Å². The number of aryl methyl sites for hydroxylation is 1. The van der Waals surface area contributed by atoms with E-state index in [2.05, 4.69) is 14.7 Å². The van der Waals surface area contributed by atoms with Crippen molar-refractivity contribution in [3.05, 3.63) is 53.6 Å².